The monoisotopic (exact) mass is 362 g/mol. The highest BCUT2D eigenvalue weighted by molar-refractivity contribution is 5.94. The Morgan fingerprint density at radius 1 is 1.26 bits per heavy atom. The van der Waals surface area contributed by atoms with Crippen LogP contribution in [0, 0.1) is 11.3 Å². The van der Waals surface area contributed by atoms with Crippen molar-refractivity contribution in [3.8, 4) is 0 Å². The lowest BCUT2D eigenvalue weighted by molar-refractivity contribution is -0.146. The molecule has 2 unspecified atom stereocenters. The van der Waals surface area contributed by atoms with Gasteiger partial charge in [0.15, 0.2) is 0 Å². The lowest BCUT2D eigenvalue weighted by Crippen LogP contribution is -2.31. The Balaban J connectivity index is 1.42. The smallest absolute Gasteiger partial charge is 0.313 e. The number of ether oxygens (including phenoxy) is 1. The molecule has 4 rings (SSSR count). The van der Waals surface area contributed by atoms with Gasteiger partial charge in [-0.2, -0.15) is 0 Å². The summed E-state index contributed by atoms with van der Waals surface area (Å²) in [6.45, 7) is 5.01. The molecule has 0 radical (unpaired) electrons. The Kier molecular flexibility index (Phi) is 4.52. The second-order valence-electron chi connectivity index (χ2n) is 7.50. The van der Waals surface area contributed by atoms with Crippen LogP contribution in [0.25, 0.3) is 0 Å². The van der Waals surface area contributed by atoms with Crippen molar-refractivity contribution in [2.75, 3.05) is 6.61 Å². The van der Waals surface area contributed by atoms with Crippen molar-refractivity contribution in [2.24, 2.45) is 11.3 Å². The molecule has 1 aliphatic heterocycles. The van der Waals surface area contributed by atoms with Crippen LogP contribution < -0.4 is 5.32 Å². The fraction of sp³-hybridized carbons (Fsp3) is 0.318. The van der Waals surface area contributed by atoms with Gasteiger partial charge in [0.2, 0.25) is 0 Å². The quantitative estimate of drug-likeness (QED) is 0.656. The van der Waals surface area contributed by atoms with E-state index < -0.39 is 5.41 Å². The Labute approximate surface area is 158 Å². The molecule has 1 aromatic carbocycles. The third-order valence-corrected chi connectivity index (χ3v) is 5.62. The molecule has 0 bridgehead atoms. The molecular weight excluding hydrogens is 340 g/mol. The summed E-state index contributed by atoms with van der Waals surface area (Å²) in [6, 6.07) is 11.2. The Hall–Kier alpha value is -2.95. The number of rotatable bonds is 5. The van der Waals surface area contributed by atoms with Crippen LogP contribution in [0.4, 0.5) is 0 Å². The normalized spacial score (nSPS) is 23.8. The molecule has 2 heterocycles. The number of amides is 1. The van der Waals surface area contributed by atoms with Gasteiger partial charge in [0.1, 0.15) is 0 Å². The van der Waals surface area contributed by atoms with Crippen LogP contribution >= 0.6 is 0 Å². The van der Waals surface area contributed by atoms with E-state index in [9.17, 15) is 9.59 Å². The molecule has 0 spiro atoms. The minimum atomic E-state index is -0.471. The first-order valence-corrected chi connectivity index (χ1v) is 9.17. The van der Waals surface area contributed by atoms with Crippen molar-refractivity contribution < 1.29 is 14.3 Å². The summed E-state index contributed by atoms with van der Waals surface area (Å²) in [5.74, 6) is -0.0136. The van der Waals surface area contributed by atoms with E-state index in [-0.39, 0.29) is 17.8 Å². The average Bonchev–Trinajstić information content (AvgIpc) is 3.15. The molecule has 1 aromatic heterocycles. The third-order valence-electron chi connectivity index (χ3n) is 5.62. The van der Waals surface area contributed by atoms with Crippen LogP contribution in [-0.2, 0) is 22.5 Å². The minimum Gasteiger partial charge on any atom is -0.465 e. The predicted octanol–water partition coefficient (Wildman–Crippen LogP) is 3.06. The van der Waals surface area contributed by atoms with E-state index in [2.05, 4.69) is 16.9 Å². The number of pyridine rings is 1. The number of hydrogen-bond acceptors (Lipinski definition) is 4. The second-order valence-corrected chi connectivity index (χ2v) is 7.50. The number of nitrogens with one attached hydrogen (secondary N) is 1. The third kappa shape index (κ3) is 3.37. The van der Waals surface area contributed by atoms with Crippen molar-refractivity contribution in [1.82, 2.24) is 10.3 Å². The zero-order valence-corrected chi connectivity index (χ0v) is 15.1. The fourth-order valence-corrected chi connectivity index (χ4v) is 4.19. The standard InChI is InChI=1S/C22H22N2O3/c1-15-9-19-14-27-21(26)22(19,10-15)11-16-4-6-18(7-5-16)20(25)24-13-17-3-2-8-23-12-17/h2-8,12,19H,1,9-11,13-14H2,(H,24,25). The summed E-state index contributed by atoms with van der Waals surface area (Å²) in [7, 11) is 0. The molecule has 1 saturated heterocycles. The molecule has 2 aliphatic rings. The van der Waals surface area contributed by atoms with E-state index in [0.29, 0.717) is 31.6 Å². The molecule has 2 fully saturated rings. The van der Waals surface area contributed by atoms with Gasteiger partial charge in [0, 0.05) is 30.4 Å². The number of allylic oxidation sites excluding steroid dienone is 1. The number of aromatic nitrogens is 1. The molecule has 1 amide bonds. The number of fused-ring (bicyclic) bond motifs is 1. The molecule has 1 N–H and O–H groups in total. The predicted molar refractivity (Wildman–Crippen MR) is 101 cm³/mol. The van der Waals surface area contributed by atoms with E-state index in [4.69, 9.17) is 4.74 Å². The van der Waals surface area contributed by atoms with E-state index in [1.54, 1.807) is 12.4 Å². The van der Waals surface area contributed by atoms with Gasteiger partial charge in [-0.25, -0.2) is 0 Å². The molecule has 27 heavy (non-hydrogen) atoms. The lowest BCUT2D eigenvalue weighted by Gasteiger charge is -2.24. The zero-order valence-electron chi connectivity index (χ0n) is 15.1. The first kappa shape index (κ1) is 17.5. The molecule has 5 nitrogen and oxygen atoms in total. The molecular formula is C22H22N2O3. The topological polar surface area (TPSA) is 68.3 Å². The number of carbonyl (C=O) groups excluding carboxylic acids is 2. The number of benzene rings is 1. The van der Waals surface area contributed by atoms with Crippen LogP contribution in [0.1, 0.15) is 34.3 Å². The Morgan fingerprint density at radius 3 is 2.81 bits per heavy atom. The SMILES string of the molecule is C=C1CC2COC(=O)C2(Cc2ccc(C(=O)NCc3cccnc3)cc2)C1. The van der Waals surface area contributed by atoms with E-state index >= 15 is 0 Å². The molecule has 5 heteroatoms. The Bertz CT molecular complexity index is 876. The van der Waals surface area contributed by atoms with E-state index in [1.807, 2.05) is 36.4 Å². The number of carbonyl (C=O) groups is 2. The van der Waals surface area contributed by atoms with Crippen LogP contribution in [0.3, 0.4) is 0 Å². The van der Waals surface area contributed by atoms with E-state index in [1.165, 1.54) is 0 Å². The van der Waals surface area contributed by atoms with Crippen molar-refractivity contribution in [1.29, 1.82) is 0 Å². The van der Waals surface area contributed by atoms with E-state index in [0.717, 1.165) is 23.1 Å². The highest BCUT2D eigenvalue weighted by atomic mass is 16.5. The molecule has 2 aromatic rings. The minimum absolute atomic E-state index is 0.107. The first-order valence-electron chi connectivity index (χ1n) is 9.17. The molecule has 2 atom stereocenters. The van der Waals surface area contributed by atoms with Crippen LogP contribution in [0.15, 0.2) is 60.9 Å². The average molecular weight is 362 g/mol. The van der Waals surface area contributed by atoms with Gasteiger partial charge in [-0.1, -0.05) is 30.4 Å². The van der Waals surface area contributed by atoms with Crippen LogP contribution in [0.5, 0.6) is 0 Å². The summed E-state index contributed by atoms with van der Waals surface area (Å²) >= 11 is 0. The largest absolute Gasteiger partial charge is 0.465 e. The maximum atomic E-state index is 12.4. The number of esters is 1. The highest BCUT2D eigenvalue weighted by Crippen LogP contribution is 2.52. The molecule has 138 valence electrons. The van der Waals surface area contributed by atoms with Gasteiger partial charge in [-0.05, 0) is 48.6 Å². The lowest BCUT2D eigenvalue weighted by atomic mass is 9.75. The molecule has 1 saturated carbocycles. The summed E-state index contributed by atoms with van der Waals surface area (Å²) in [6.07, 6.45) is 5.63. The van der Waals surface area contributed by atoms with Gasteiger partial charge < -0.3 is 10.1 Å². The zero-order chi connectivity index (χ0) is 18.9. The van der Waals surface area contributed by atoms with Gasteiger partial charge in [0.05, 0.1) is 12.0 Å². The maximum absolute atomic E-state index is 12.4. The summed E-state index contributed by atoms with van der Waals surface area (Å²) in [5.41, 5.74) is 3.25. The van der Waals surface area contributed by atoms with Crippen molar-refractivity contribution >= 4 is 11.9 Å². The number of hydrogen-bond donors (Lipinski definition) is 1. The van der Waals surface area contributed by atoms with Crippen molar-refractivity contribution in [3.63, 3.8) is 0 Å². The van der Waals surface area contributed by atoms with Gasteiger partial charge in [-0.15, -0.1) is 0 Å². The molecule has 1 aliphatic carbocycles. The summed E-state index contributed by atoms with van der Waals surface area (Å²) < 4.78 is 5.33. The number of nitrogens with zero attached hydrogens (tertiary/aromatic N) is 1. The van der Waals surface area contributed by atoms with Gasteiger partial charge >= 0.3 is 5.97 Å². The highest BCUT2D eigenvalue weighted by Gasteiger charge is 2.55. The summed E-state index contributed by atoms with van der Waals surface area (Å²) in [4.78, 5) is 28.8. The van der Waals surface area contributed by atoms with Crippen molar-refractivity contribution in [3.05, 3.63) is 77.6 Å². The fourth-order valence-electron chi connectivity index (χ4n) is 4.19. The van der Waals surface area contributed by atoms with Crippen molar-refractivity contribution in [2.45, 2.75) is 25.8 Å². The Morgan fingerprint density at radius 2 is 2.07 bits per heavy atom. The number of cyclic esters (lactones) is 1. The first-order chi connectivity index (χ1) is 13.1. The van der Waals surface area contributed by atoms with Crippen LogP contribution in [-0.4, -0.2) is 23.5 Å². The second kappa shape index (κ2) is 6.99. The summed E-state index contributed by atoms with van der Waals surface area (Å²) in [5, 5.41) is 2.89. The van der Waals surface area contributed by atoms with Crippen LogP contribution in [0.2, 0.25) is 0 Å². The van der Waals surface area contributed by atoms with Gasteiger partial charge in [0.25, 0.3) is 5.91 Å². The van der Waals surface area contributed by atoms with Gasteiger partial charge in [-0.3, -0.25) is 14.6 Å². The maximum Gasteiger partial charge on any atom is 0.313 e.